The molecule has 0 aromatic heterocycles. The van der Waals surface area contributed by atoms with Gasteiger partial charge in [-0.2, -0.15) is 0 Å². The number of hydrogen-bond acceptors (Lipinski definition) is 8. The highest BCUT2D eigenvalue weighted by Crippen LogP contribution is 2.44. The molecule has 1 aliphatic heterocycles. The average molecular weight is 801 g/mol. The number of carbonyl (C=O) groups is 3. The van der Waals surface area contributed by atoms with Gasteiger partial charge < -0.3 is 25.8 Å². The summed E-state index contributed by atoms with van der Waals surface area (Å²) in [5.41, 5.74) is 4.56. The fraction of sp³-hybridized carbons (Fsp3) is 0.533. The van der Waals surface area contributed by atoms with Gasteiger partial charge in [-0.1, -0.05) is 98.1 Å². The number of carbonyl (C=O) groups excluding carboxylic acids is 3. The maximum absolute atomic E-state index is 14.4. The first-order chi connectivity index (χ1) is 26.9. The third-order valence-electron chi connectivity index (χ3n) is 12.3. The van der Waals surface area contributed by atoms with Crippen LogP contribution >= 0.6 is 0 Å². The van der Waals surface area contributed by atoms with Crippen molar-refractivity contribution in [2.75, 3.05) is 26.0 Å². The Balaban J connectivity index is 1.22. The lowest BCUT2D eigenvalue weighted by molar-refractivity contribution is -0.133. The molecule has 6 unspecified atom stereocenters. The van der Waals surface area contributed by atoms with E-state index in [4.69, 9.17) is 4.74 Å². The van der Waals surface area contributed by atoms with Gasteiger partial charge >= 0.3 is 6.09 Å². The van der Waals surface area contributed by atoms with E-state index in [9.17, 15) is 27.9 Å². The zero-order chi connectivity index (χ0) is 41.1. The summed E-state index contributed by atoms with van der Waals surface area (Å²) in [4.78, 5) is 43.9. The number of aliphatic hydroxyl groups excluding tert-OH is 1. The molecule has 0 spiro atoms. The molecule has 308 valence electrons. The highest BCUT2D eigenvalue weighted by atomic mass is 32.2. The molecule has 1 saturated heterocycles. The summed E-state index contributed by atoms with van der Waals surface area (Å²) < 4.78 is 30.5. The largest absolute Gasteiger partial charge is 0.449 e. The monoisotopic (exact) mass is 800 g/mol. The third kappa shape index (κ3) is 9.89. The van der Waals surface area contributed by atoms with Crippen LogP contribution in [0.15, 0.2) is 78.9 Å². The van der Waals surface area contributed by atoms with Crippen molar-refractivity contribution in [1.29, 1.82) is 0 Å². The standard InChI is InChI=1S/C45H60N4O7S/c1-44(2,3)48-41(51)38-25-30-18-10-11-19-31(30)26-49(38)27-39(50)37(24-29-16-8-7-9-17-29)46-42(52)40(45(4,5)57(6,54)55)47-43(53)56-28-36-34-22-14-12-20-32(34)33-21-13-15-23-35(33)36/h7-9,12-17,20-23,30-31,36-40,50H,10-11,18-19,24-28H2,1-6H3,(H,46,52)(H,47,53)(H,48,51). The van der Waals surface area contributed by atoms with E-state index in [1.165, 1.54) is 13.8 Å². The Labute approximate surface area is 338 Å². The molecule has 57 heavy (non-hydrogen) atoms. The Morgan fingerprint density at radius 2 is 1.42 bits per heavy atom. The average Bonchev–Trinajstić information content (AvgIpc) is 3.48. The van der Waals surface area contributed by atoms with Gasteiger partial charge in [-0.3, -0.25) is 14.5 Å². The van der Waals surface area contributed by atoms with Crippen molar-refractivity contribution >= 4 is 27.7 Å². The van der Waals surface area contributed by atoms with Crippen LogP contribution in [0.1, 0.15) is 89.3 Å². The van der Waals surface area contributed by atoms with Gasteiger partial charge in [0.1, 0.15) is 12.6 Å². The predicted octanol–water partition coefficient (Wildman–Crippen LogP) is 5.60. The summed E-state index contributed by atoms with van der Waals surface area (Å²) in [6, 6.07) is 22.4. The van der Waals surface area contributed by atoms with Crippen LogP contribution in [-0.2, 0) is 30.6 Å². The quantitative estimate of drug-likeness (QED) is 0.174. The Morgan fingerprint density at radius 3 is 2.02 bits per heavy atom. The van der Waals surface area contributed by atoms with Crippen molar-refractivity contribution in [2.45, 2.75) is 114 Å². The fourth-order valence-corrected chi connectivity index (χ4v) is 9.53. The van der Waals surface area contributed by atoms with Gasteiger partial charge in [0.2, 0.25) is 11.8 Å². The highest BCUT2D eigenvalue weighted by Gasteiger charge is 2.47. The normalized spacial score (nSPS) is 21.6. The number of piperidine rings is 1. The smallest absolute Gasteiger partial charge is 0.407 e. The van der Waals surface area contributed by atoms with Gasteiger partial charge in [-0.05, 0) is 93.5 Å². The molecule has 3 aliphatic rings. The number of nitrogens with one attached hydrogen (secondary N) is 3. The lowest BCUT2D eigenvalue weighted by Crippen LogP contribution is -2.64. The molecule has 6 rings (SSSR count). The molecule has 6 atom stereocenters. The van der Waals surface area contributed by atoms with Gasteiger partial charge in [0, 0.05) is 30.8 Å². The Morgan fingerprint density at radius 1 is 0.842 bits per heavy atom. The maximum atomic E-state index is 14.4. The maximum Gasteiger partial charge on any atom is 0.407 e. The molecular weight excluding hydrogens is 741 g/mol. The summed E-state index contributed by atoms with van der Waals surface area (Å²) in [5, 5.41) is 20.8. The number of sulfone groups is 1. The number of amides is 3. The Kier molecular flexibility index (Phi) is 12.9. The number of rotatable bonds is 13. The van der Waals surface area contributed by atoms with E-state index >= 15 is 0 Å². The highest BCUT2D eigenvalue weighted by molar-refractivity contribution is 7.92. The molecule has 2 fully saturated rings. The second-order valence-corrected chi connectivity index (χ2v) is 20.5. The van der Waals surface area contributed by atoms with Crippen molar-refractivity contribution in [3.63, 3.8) is 0 Å². The van der Waals surface area contributed by atoms with E-state index in [1.54, 1.807) is 0 Å². The minimum Gasteiger partial charge on any atom is -0.449 e. The third-order valence-corrected chi connectivity index (χ3v) is 14.5. The van der Waals surface area contributed by atoms with Gasteiger partial charge in [-0.15, -0.1) is 0 Å². The number of aliphatic hydroxyl groups is 1. The Bertz CT molecular complexity index is 1970. The number of alkyl carbamates (subject to hydrolysis) is 1. The van der Waals surface area contributed by atoms with Crippen molar-refractivity contribution in [3.8, 4) is 11.1 Å². The van der Waals surface area contributed by atoms with E-state index in [2.05, 4.69) is 20.9 Å². The first kappa shape index (κ1) is 42.3. The SMILES string of the molecule is CC(C)(C)NC(=O)C1CC2CCCCC2CN1CC(O)C(Cc1ccccc1)NC(=O)C(NC(=O)OCC1c2ccccc2-c2ccccc21)C(C)(C)S(C)(=O)=O. The number of β-amino-alcohol motifs (C(OH)–C–C–N with tert-alkyl or cyclic N) is 1. The molecule has 0 bridgehead atoms. The van der Waals surface area contributed by atoms with E-state index in [0.29, 0.717) is 24.8 Å². The lowest BCUT2D eigenvalue weighted by Gasteiger charge is -2.47. The van der Waals surface area contributed by atoms with Crippen LogP contribution in [0.5, 0.6) is 0 Å². The Hall–Kier alpha value is -4.26. The predicted molar refractivity (Wildman–Crippen MR) is 222 cm³/mol. The topological polar surface area (TPSA) is 154 Å². The molecule has 3 aromatic carbocycles. The van der Waals surface area contributed by atoms with Gasteiger partial charge in [0.15, 0.2) is 9.84 Å². The molecule has 11 nitrogen and oxygen atoms in total. The number of hydrogen-bond donors (Lipinski definition) is 4. The number of benzene rings is 3. The number of ether oxygens (including phenoxy) is 1. The number of likely N-dealkylation sites (tertiary alicyclic amines) is 1. The molecule has 3 aromatic rings. The van der Waals surface area contributed by atoms with Crippen LogP contribution in [0.3, 0.4) is 0 Å². The second kappa shape index (κ2) is 17.3. The second-order valence-electron chi connectivity index (χ2n) is 17.9. The molecule has 1 saturated carbocycles. The minimum absolute atomic E-state index is 0.0233. The first-order valence-corrected chi connectivity index (χ1v) is 22.2. The minimum atomic E-state index is -3.93. The van der Waals surface area contributed by atoms with E-state index in [-0.39, 0.29) is 31.4 Å². The van der Waals surface area contributed by atoms with Crippen molar-refractivity contribution in [2.24, 2.45) is 11.8 Å². The molecule has 0 radical (unpaired) electrons. The van der Waals surface area contributed by atoms with Crippen molar-refractivity contribution in [3.05, 3.63) is 95.6 Å². The van der Waals surface area contributed by atoms with Crippen molar-refractivity contribution < 1.29 is 32.6 Å². The number of nitrogens with zero attached hydrogens (tertiary/aromatic N) is 1. The van der Waals surface area contributed by atoms with E-state index in [0.717, 1.165) is 59.8 Å². The van der Waals surface area contributed by atoms with E-state index in [1.807, 2.05) is 99.6 Å². The van der Waals surface area contributed by atoms with Gasteiger partial charge in [-0.25, -0.2) is 13.2 Å². The van der Waals surface area contributed by atoms with Crippen LogP contribution in [0.4, 0.5) is 4.79 Å². The zero-order valence-electron chi connectivity index (χ0n) is 34.2. The van der Waals surface area contributed by atoms with Gasteiger partial charge in [0.25, 0.3) is 0 Å². The van der Waals surface area contributed by atoms with Crippen LogP contribution in [0, 0.1) is 11.8 Å². The van der Waals surface area contributed by atoms with Crippen LogP contribution in [-0.4, -0.2) is 96.8 Å². The summed E-state index contributed by atoms with van der Waals surface area (Å²) in [6.07, 6.45) is 4.32. The zero-order valence-corrected chi connectivity index (χ0v) is 35.0. The summed E-state index contributed by atoms with van der Waals surface area (Å²) >= 11 is 0. The van der Waals surface area contributed by atoms with Crippen LogP contribution < -0.4 is 16.0 Å². The molecule has 1 heterocycles. The molecule has 3 amide bonds. The summed E-state index contributed by atoms with van der Waals surface area (Å²) in [6.45, 7) is 9.39. The summed E-state index contributed by atoms with van der Waals surface area (Å²) in [7, 11) is -3.93. The molecule has 12 heteroatoms. The first-order valence-electron chi connectivity index (χ1n) is 20.3. The lowest BCUT2D eigenvalue weighted by atomic mass is 9.72. The fourth-order valence-electron chi connectivity index (χ4n) is 8.94. The van der Waals surface area contributed by atoms with Crippen LogP contribution in [0.25, 0.3) is 11.1 Å². The molecule has 4 N–H and O–H groups in total. The number of fused-ring (bicyclic) bond motifs is 4. The summed E-state index contributed by atoms with van der Waals surface area (Å²) in [5.74, 6) is -0.243. The molecule has 2 aliphatic carbocycles. The van der Waals surface area contributed by atoms with Gasteiger partial charge in [0.05, 0.1) is 22.9 Å². The molecular formula is C45H60N4O7S. The van der Waals surface area contributed by atoms with Crippen LogP contribution in [0.2, 0.25) is 0 Å². The van der Waals surface area contributed by atoms with E-state index < -0.39 is 56.4 Å². The van der Waals surface area contributed by atoms with Crippen molar-refractivity contribution in [1.82, 2.24) is 20.9 Å².